The van der Waals surface area contributed by atoms with Crippen molar-refractivity contribution in [1.82, 2.24) is 15.2 Å². The van der Waals surface area contributed by atoms with Gasteiger partial charge in [0, 0.05) is 38.9 Å². The molecule has 3 heterocycles. The molecule has 3 rings (SSSR count). The lowest BCUT2D eigenvalue weighted by Gasteiger charge is -2.41. The minimum Gasteiger partial charge on any atom is -0.373 e. The number of aromatic nitrogens is 1. The topological polar surface area (TPSA) is 57.7 Å². The number of carbonyl (C=O) groups excluding carboxylic acids is 1. The lowest BCUT2D eigenvalue weighted by Crippen LogP contribution is -2.56. The van der Waals surface area contributed by atoms with Gasteiger partial charge >= 0.3 is 0 Å². The number of nitrogens with zero attached hydrogens (tertiary/aromatic N) is 3. The van der Waals surface area contributed by atoms with Crippen LogP contribution < -0.4 is 10.2 Å². The molecule has 0 bridgehead atoms. The molecule has 1 aromatic rings. The van der Waals surface area contributed by atoms with Crippen LogP contribution in [-0.4, -0.2) is 60.2 Å². The van der Waals surface area contributed by atoms with E-state index in [4.69, 9.17) is 4.74 Å². The maximum absolute atomic E-state index is 13.0. The molecule has 3 atom stereocenters. The highest BCUT2D eigenvalue weighted by atomic mass is 16.5. The van der Waals surface area contributed by atoms with Gasteiger partial charge in [0.25, 0.3) is 0 Å². The lowest BCUT2D eigenvalue weighted by molar-refractivity contribution is -0.135. The van der Waals surface area contributed by atoms with Crippen LogP contribution in [0, 0.1) is 5.92 Å². The fourth-order valence-corrected chi connectivity index (χ4v) is 4.50. The van der Waals surface area contributed by atoms with Gasteiger partial charge in [-0.1, -0.05) is 13.8 Å². The van der Waals surface area contributed by atoms with Crippen LogP contribution in [0.15, 0.2) is 18.3 Å². The van der Waals surface area contributed by atoms with E-state index in [0.717, 1.165) is 37.6 Å². The Morgan fingerprint density at radius 1 is 1.21 bits per heavy atom. The fourth-order valence-electron chi connectivity index (χ4n) is 4.50. The van der Waals surface area contributed by atoms with Crippen molar-refractivity contribution in [1.29, 1.82) is 0 Å². The van der Waals surface area contributed by atoms with Gasteiger partial charge in [-0.3, -0.25) is 9.69 Å². The number of rotatable bonds is 6. The van der Waals surface area contributed by atoms with Crippen LogP contribution >= 0.6 is 0 Å². The summed E-state index contributed by atoms with van der Waals surface area (Å²) in [4.78, 5) is 22.2. The van der Waals surface area contributed by atoms with Gasteiger partial charge in [-0.15, -0.1) is 0 Å². The van der Waals surface area contributed by atoms with Crippen molar-refractivity contribution in [2.75, 3.05) is 31.1 Å². The zero-order valence-electron chi connectivity index (χ0n) is 17.9. The number of nitrogens with one attached hydrogen (secondary N) is 1. The van der Waals surface area contributed by atoms with Gasteiger partial charge in [-0.05, 0) is 56.7 Å². The fraction of sp³-hybridized carbons (Fsp3) is 0.727. The number of amides is 1. The highest BCUT2D eigenvalue weighted by molar-refractivity contribution is 5.82. The van der Waals surface area contributed by atoms with E-state index in [0.29, 0.717) is 6.54 Å². The second kappa shape index (κ2) is 9.70. The quantitative estimate of drug-likeness (QED) is 0.812. The molecule has 1 N–H and O–H groups in total. The number of morpholine rings is 1. The molecule has 3 unspecified atom stereocenters. The first-order valence-corrected chi connectivity index (χ1v) is 10.8. The predicted molar refractivity (Wildman–Crippen MR) is 112 cm³/mol. The smallest absolute Gasteiger partial charge is 0.237 e. The number of hydrogen-bond acceptors (Lipinski definition) is 5. The third-order valence-electron chi connectivity index (χ3n) is 5.70. The van der Waals surface area contributed by atoms with Crippen LogP contribution in [0.2, 0.25) is 0 Å². The Bertz CT molecular complexity index is 635. The Balaban J connectivity index is 1.61. The molecule has 0 aromatic carbocycles. The molecule has 0 radical (unpaired) electrons. The highest BCUT2D eigenvalue weighted by Gasteiger charge is 2.34. The zero-order chi connectivity index (χ0) is 20.1. The summed E-state index contributed by atoms with van der Waals surface area (Å²) in [7, 11) is 0. The lowest BCUT2D eigenvalue weighted by atomic mass is 9.99. The summed E-state index contributed by atoms with van der Waals surface area (Å²) in [6.45, 7) is 12.7. The van der Waals surface area contributed by atoms with E-state index >= 15 is 0 Å². The Hall–Kier alpha value is -1.66. The van der Waals surface area contributed by atoms with E-state index < -0.39 is 0 Å². The van der Waals surface area contributed by atoms with Gasteiger partial charge in [0.05, 0.1) is 18.2 Å². The minimum absolute atomic E-state index is 0.104. The van der Waals surface area contributed by atoms with Crippen molar-refractivity contribution in [3.05, 3.63) is 23.9 Å². The second-order valence-electron chi connectivity index (χ2n) is 8.69. The number of anilines is 1. The maximum atomic E-state index is 13.0. The first kappa shape index (κ1) is 21.1. The Morgan fingerprint density at radius 2 is 1.89 bits per heavy atom. The molecule has 2 fully saturated rings. The molecule has 2 saturated heterocycles. The first-order chi connectivity index (χ1) is 13.4. The van der Waals surface area contributed by atoms with Gasteiger partial charge in [0.15, 0.2) is 0 Å². The molecular weight excluding hydrogens is 352 g/mol. The Morgan fingerprint density at radius 3 is 2.54 bits per heavy atom. The summed E-state index contributed by atoms with van der Waals surface area (Å²) in [5.41, 5.74) is 1.11. The molecule has 28 heavy (non-hydrogen) atoms. The SMILES string of the molecule is CC1CN(C(C(=O)NCc2ccnc(N3CCCCC3)c2)C(C)C)CC(C)O1. The van der Waals surface area contributed by atoms with Crippen LogP contribution in [0.1, 0.15) is 52.5 Å². The molecule has 0 aliphatic carbocycles. The van der Waals surface area contributed by atoms with Crippen LogP contribution in [0.4, 0.5) is 5.82 Å². The van der Waals surface area contributed by atoms with Gasteiger partial charge in [0.2, 0.25) is 5.91 Å². The molecule has 6 nitrogen and oxygen atoms in total. The van der Waals surface area contributed by atoms with Gasteiger partial charge in [-0.25, -0.2) is 4.98 Å². The van der Waals surface area contributed by atoms with Crippen molar-refractivity contribution >= 4 is 11.7 Å². The normalized spacial score (nSPS) is 25.0. The predicted octanol–water partition coefficient (Wildman–Crippen LogP) is 2.82. The molecule has 6 heteroatoms. The van der Waals surface area contributed by atoms with E-state index in [1.165, 1.54) is 19.3 Å². The number of pyridine rings is 1. The van der Waals surface area contributed by atoms with Crippen molar-refractivity contribution in [2.24, 2.45) is 5.92 Å². The van der Waals surface area contributed by atoms with E-state index in [-0.39, 0.29) is 30.1 Å². The third kappa shape index (κ3) is 5.45. The summed E-state index contributed by atoms with van der Waals surface area (Å²) < 4.78 is 5.84. The van der Waals surface area contributed by atoms with Crippen molar-refractivity contribution in [2.45, 2.75) is 71.8 Å². The molecule has 156 valence electrons. The van der Waals surface area contributed by atoms with Crippen molar-refractivity contribution in [3.63, 3.8) is 0 Å². The standard InChI is InChI=1S/C22H36N4O2/c1-16(2)21(26-14-17(3)28-18(4)15-26)22(27)24-13-19-8-9-23-20(12-19)25-10-6-5-7-11-25/h8-9,12,16-18,21H,5-7,10-11,13-15H2,1-4H3,(H,24,27). The van der Waals surface area contributed by atoms with E-state index in [9.17, 15) is 4.79 Å². The molecule has 0 saturated carbocycles. The Labute approximate surface area is 169 Å². The van der Waals surface area contributed by atoms with Crippen LogP contribution in [0.25, 0.3) is 0 Å². The average molecular weight is 389 g/mol. The number of carbonyl (C=O) groups is 1. The summed E-state index contributed by atoms with van der Waals surface area (Å²) in [6, 6.07) is 3.99. The van der Waals surface area contributed by atoms with Crippen molar-refractivity contribution in [3.8, 4) is 0 Å². The molecular formula is C22H36N4O2. The maximum Gasteiger partial charge on any atom is 0.237 e. The van der Waals surface area contributed by atoms with Crippen LogP contribution in [0.5, 0.6) is 0 Å². The first-order valence-electron chi connectivity index (χ1n) is 10.8. The number of piperidine rings is 1. The molecule has 1 amide bonds. The highest BCUT2D eigenvalue weighted by Crippen LogP contribution is 2.20. The number of hydrogen-bond donors (Lipinski definition) is 1. The summed E-state index contributed by atoms with van der Waals surface area (Å²) in [6.07, 6.45) is 5.94. The van der Waals surface area contributed by atoms with Gasteiger partial charge in [-0.2, -0.15) is 0 Å². The number of ether oxygens (including phenoxy) is 1. The van der Waals surface area contributed by atoms with Gasteiger partial charge in [0.1, 0.15) is 5.82 Å². The summed E-state index contributed by atoms with van der Waals surface area (Å²) in [5.74, 6) is 1.38. The van der Waals surface area contributed by atoms with Crippen LogP contribution in [0.3, 0.4) is 0 Å². The van der Waals surface area contributed by atoms with E-state index in [2.05, 4.69) is 53.9 Å². The molecule has 0 spiro atoms. The minimum atomic E-state index is -0.128. The average Bonchev–Trinajstić information content (AvgIpc) is 2.66. The summed E-state index contributed by atoms with van der Waals surface area (Å²) in [5, 5.41) is 3.17. The molecule has 1 aromatic heterocycles. The largest absolute Gasteiger partial charge is 0.373 e. The monoisotopic (exact) mass is 388 g/mol. The van der Waals surface area contributed by atoms with E-state index in [1.54, 1.807) is 0 Å². The Kier molecular flexibility index (Phi) is 7.30. The molecule has 2 aliphatic heterocycles. The molecule has 2 aliphatic rings. The van der Waals surface area contributed by atoms with Crippen molar-refractivity contribution < 1.29 is 9.53 Å². The summed E-state index contributed by atoms with van der Waals surface area (Å²) >= 11 is 0. The third-order valence-corrected chi connectivity index (χ3v) is 5.70. The van der Waals surface area contributed by atoms with E-state index in [1.807, 2.05) is 12.3 Å². The second-order valence-corrected chi connectivity index (χ2v) is 8.69. The van der Waals surface area contributed by atoms with Crippen LogP contribution in [-0.2, 0) is 16.1 Å². The van der Waals surface area contributed by atoms with Gasteiger partial charge < -0.3 is 15.0 Å². The zero-order valence-corrected chi connectivity index (χ0v) is 17.9.